The fourth-order valence-electron chi connectivity index (χ4n) is 3.20. The van der Waals surface area contributed by atoms with Crippen LogP contribution in [0.25, 0.3) is 0 Å². The molecule has 2 nitrogen and oxygen atoms in total. The summed E-state index contributed by atoms with van der Waals surface area (Å²) in [5.41, 5.74) is 1.61. The molecule has 0 spiro atoms. The molecule has 0 aromatic rings. The minimum atomic E-state index is -0.129. The summed E-state index contributed by atoms with van der Waals surface area (Å²) in [5.74, 6) is 0.796. The van der Waals surface area contributed by atoms with Gasteiger partial charge >= 0.3 is 0 Å². The van der Waals surface area contributed by atoms with Gasteiger partial charge in [0.05, 0.1) is 6.10 Å². The van der Waals surface area contributed by atoms with Crippen molar-refractivity contribution in [3.8, 4) is 0 Å². The van der Waals surface area contributed by atoms with Crippen molar-refractivity contribution >= 4 is 0 Å². The zero-order valence-electron chi connectivity index (χ0n) is 11.0. The number of hydrogen-bond donors (Lipinski definition) is 2. The largest absolute Gasteiger partial charge is 0.392 e. The smallest absolute Gasteiger partial charge is 0.0667 e. The highest BCUT2D eigenvalue weighted by molar-refractivity contribution is 5.07. The predicted octanol–water partition coefficient (Wildman–Crippen LogP) is 3.02. The Kier molecular flexibility index (Phi) is 5.53. The second kappa shape index (κ2) is 7.17. The number of allylic oxidation sites excluding steroid dienone is 1. The van der Waals surface area contributed by atoms with Gasteiger partial charge in [-0.2, -0.15) is 0 Å². The number of hydrogen-bond acceptors (Lipinski definition) is 2. The number of aliphatic hydroxyl groups is 1. The molecule has 98 valence electrons. The van der Waals surface area contributed by atoms with Crippen LogP contribution in [0.2, 0.25) is 0 Å². The van der Waals surface area contributed by atoms with Crippen LogP contribution in [-0.4, -0.2) is 24.3 Å². The van der Waals surface area contributed by atoms with Crippen LogP contribution in [0, 0.1) is 5.92 Å². The van der Waals surface area contributed by atoms with E-state index in [-0.39, 0.29) is 6.10 Å². The van der Waals surface area contributed by atoms with Gasteiger partial charge in [0.1, 0.15) is 0 Å². The molecule has 17 heavy (non-hydrogen) atoms. The second-order valence-corrected chi connectivity index (χ2v) is 5.75. The van der Waals surface area contributed by atoms with Gasteiger partial charge in [0.15, 0.2) is 0 Å². The Morgan fingerprint density at radius 2 is 2.12 bits per heavy atom. The van der Waals surface area contributed by atoms with E-state index in [1.807, 2.05) is 0 Å². The first-order valence-corrected chi connectivity index (χ1v) is 7.41. The Bertz CT molecular complexity index is 243. The van der Waals surface area contributed by atoms with E-state index in [1.165, 1.54) is 51.4 Å². The van der Waals surface area contributed by atoms with E-state index in [1.54, 1.807) is 5.57 Å². The van der Waals surface area contributed by atoms with Gasteiger partial charge in [-0.05, 0) is 44.6 Å². The van der Waals surface area contributed by atoms with Crippen LogP contribution in [0.3, 0.4) is 0 Å². The molecule has 0 saturated heterocycles. The minimum Gasteiger partial charge on any atom is -0.392 e. The Morgan fingerprint density at radius 3 is 2.82 bits per heavy atom. The van der Waals surface area contributed by atoms with Crippen molar-refractivity contribution in [3.05, 3.63) is 11.6 Å². The van der Waals surface area contributed by atoms with Crippen LogP contribution < -0.4 is 5.32 Å². The molecular weight excluding hydrogens is 210 g/mol. The van der Waals surface area contributed by atoms with Gasteiger partial charge in [0.25, 0.3) is 0 Å². The normalized spacial score (nSPS) is 23.0. The van der Waals surface area contributed by atoms with Gasteiger partial charge in [-0.15, -0.1) is 0 Å². The third-order valence-corrected chi connectivity index (χ3v) is 4.22. The monoisotopic (exact) mass is 237 g/mol. The standard InChI is InChI=1S/C15H27NO/c17-15(11-14-7-3-4-8-14)12-16-10-9-13-5-1-2-6-13/h5,14-17H,1-4,6-12H2. The molecule has 1 unspecified atom stereocenters. The Morgan fingerprint density at radius 1 is 1.29 bits per heavy atom. The fourth-order valence-corrected chi connectivity index (χ4v) is 3.20. The highest BCUT2D eigenvalue weighted by Crippen LogP contribution is 2.28. The average Bonchev–Trinajstić information content (AvgIpc) is 2.96. The van der Waals surface area contributed by atoms with E-state index in [2.05, 4.69) is 11.4 Å². The maximum Gasteiger partial charge on any atom is 0.0667 e. The van der Waals surface area contributed by atoms with Crippen molar-refractivity contribution < 1.29 is 5.11 Å². The molecule has 0 aromatic carbocycles. The molecule has 0 radical (unpaired) electrons. The Balaban J connectivity index is 1.49. The Hall–Kier alpha value is -0.340. The molecular formula is C15H27NO. The summed E-state index contributed by atoms with van der Waals surface area (Å²) in [6.07, 6.45) is 13.8. The summed E-state index contributed by atoms with van der Waals surface area (Å²) >= 11 is 0. The molecule has 0 aliphatic heterocycles. The van der Waals surface area contributed by atoms with E-state index in [0.717, 1.165) is 25.4 Å². The SMILES string of the molecule is OC(CNCCC1=CCCC1)CC1CCCC1. The zero-order chi connectivity index (χ0) is 11.9. The molecule has 2 heteroatoms. The lowest BCUT2D eigenvalue weighted by Gasteiger charge is -2.16. The molecule has 0 aromatic heterocycles. The highest BCUT2D eigenvalue weighted by Gasteiger charge is 2.18. The molecule has 1 saturated carbocycles. The van der Waals surface area contributed by atoms with Gasteiger partial charge in [0.2, 0.25) is 0 Å². The fraction of sp³-hybridized carbons (Fsp3) is 0.867. The van der Waals surface area contributed by atoms with Crippen molar-refractivity contribution in [3.63, 3.8) is 0 Å². The van der Waals surface area contributed by atoms with Crippen molar-refractivity contribution in [1.29, 1.82) is 0 Å². The summed E-state index contributed by atoms with van der Waals surface area (Å²) in [6, 6.07) is 0. The lowest BCUT2D eigenvalue weighted by molar-refractivity contribution is 0.141. The van der Waals surface area contributed by atoms with Crippen LogP contribution in [0.1, 0.15) is 57.8 Å². The molecule has 1 fully saturated rings. The molecule has 0 bridgehead atoms. The Labute approximate surface area is 105 Å². The third-order valence-electron chi connectivity index (χ3n) is 4.22. The number of aliphatic hydroxyl groups excluding tert-OH is 1. The predicted molar refractivity (Wildman–Crippen MR) is 72.0 cm³/mol. The summed E-state index contributed by atoms with van der Waals surface area (Å²) in [7, 11) is 0. The van der Waals surface area contributed by atoms with Gasteiger partial charge < -0.3 is 10.4 Å². The van der Waals surface area contributed by atoms with E-state index in [9.17, 15) is 5.11 Å². The maximum absolute atomic E-state index is 9.92. The average molecular weight is 237 g/mol. The number of nitrogens with one attached hydrogen (secondary N) is 1. The van der Waals surface area contributed by atoms with Crippen molar-refractivity contribution in [2.45, 2.75) is 63.9 Å². The van der Waals surface area contributed by atoms with Gasteiger partial charge in [-0.3, -0.25) is 0 Å². The molecule has 2 rings (SSSR count). The van der Waals surface area contributed by atoms with Gasteiger partial charge in [-0.1, -0.05) is 37.3 Å². The highest BCUT2D eigenvalue weighted by atomic mass is 16.3. The van der Waals surface area contributed by atoms with E-state index < -0.39 is 0 Å². The van der Waals surface area contributed by atoms with E-state index >= 15 is 0 Å². The summed E-state index contributed by atoms with van der Waals surface area (Å²) in [4.78, 5) is 0. The van der Waals surface area contributed by atoms with Crippen molar-refractivity contribution in [2.75, 3.05) is 13.1 Å². The van der Waals surface area contributed by atoms with Crippen LogP contribution >= 0.6 is 0 Å². The van der Waals surface area contributed by atoms with E-state index in [4.69, 9.17) is 0 Å². The van der Waals surface area contributed by atoms with Crippen LogP contribution in [0.15, 0.2) is 11.6 Å². The molecule has 0 amide bonds. The first-order chi connectivity index (χ1) is 8.34. The van der Waals surface area contributed by atoms with Crippen LogP contribution in [-0.2, 0) is 0 Å². The van der Waals surface area contributed by atoms with Crippen LogP contribution in [0.4, 0.5) is 0 Å². The number of rotatable bonds is 7. The summed E-state index contributed by atoms with van der Waals surface area (Å²) < 4.78 is 0. The quantitative estimate of drug-likeness (QED) is 0.527. The maximum atomic E-state index is 9.92. The van der Waals surface area contributed by atoms with Crippen molar-refractivity contribution in [2.24, 2.45) is 5.92 Å². The lowest BCUT2D eigenvalue weighted by atomic mass is 10.00. The zero-order valence-corrected chi connectivity index (χ0v) is 11.0. The first kappa shape index (κ1) is 13.1. The molecule has 0 heterocycles. The summed E-state index contributed by atoms with van der Waals surface area (Å²) in [5, 5.41) is 13.3. The second-order valence-electron chi connectivity index (χ2n) is 5.75. The topological polar surface area (TPSA) is 32.3 Å². The van der Waals surface area contributed by atoms with Gasteiger partial charge in [0, 0.05) is 6.54 Å². The minimum absolute atomic E-state index is 0.129. The summed E-state index contributed by atoms with van der Waals surface area (Å²) in [6.45, 7) is 1.82. The molecule has 2 aliphatic rings. The van der Waals surface area contributed by atoms with Gasteiger partial charge in [-0.25, -0.2) is 0 Å². The third kappa shape index (κ3) is 4.81. The molecule has 2 N–H and O–H groups in total. The first-order valence-electron chi connectivity index (χ1n) is 7.41. The van der Waals surface area contributed by atoms with Crippen LogP contribution in [0.5, 0.6) is 0 Å². The van der Waals surface area contributed by atoms with E-state index in [0.29, 0.717) is 0 Å². The lowest BCUT2D eigenvalue weighted by Crippen LogP contribution is -2.29. The molecule has 1 atom stereocenters. The van der Waals surface area contributed by atoms with Crippen molar-refractivity contribution in [1.82, 2.24) is 5.32 Å². The molecule has 2 aliphatic carbocycles.